The van der Waals surface area contributed by atoms with Crippen molar-refractivity contribution in [1.82, 2.24) is 20.1 Å². The first-order chi connectivity index (χ1) is 12.8. The minimum atomic E-state index is -0.130. The molecule has 1 N–H and O–H groups in total. The molecule has 0 radical (unpaired) electrons. The number of aromatic nitrogens is 3. The lowest BCUT2D eigenvalue weighted by Gasteiger charge is -2.16. The Hall–Kier alpha value is -2.89. The van der Waals surface area contributed by atoms with Crippen LogP contribution in [0.5, 0.6) is 5.75 Å². The molecule has 0 aliphatic rings. The maximum Gasteiger partial charge on any atom is 0.253 e. The molecule has 3 rings (SSSR count). The molecule has 3 aromatic rings. The number of rotatable bonds is 5. The van der Waals surface area contributed by atoms with Crippen LogP contribution in [0.1, 0.15) is 46.0 Å². The number of pyridine rings is 1. The number of amides is 1. The number of nitrogens with one attached hydrogen (secondary N) is 1. The number of hydrogen-bond donors (Lipinski definition) is 1. The number of benzene rings is 1. The van der Waals surface area contributed by atoms with Gasteiger partial charge in [-0.2, -0.15) is 5.10 Å². The van der Waals surface area contributed by atoms with Crippen LogP contribution in [0.2, 0.25) is 0 Å². The predicted molar refractivity (Wildman–Crippen MR) is 107 cm³/mol. The predicted octanol–water partition coefficient (Wildman–Crippen LogP) is 3.66. The summed E-state index contributed by atoms with van der Waals surface area (Å²) in [6, 6.07) is 7.59. The SMILES string of the molecule is COc1ccc2nc(C)c(C(=O)NC[C@H](C)n3nc(C)c(C)c3C)cc2c1. The van der Waals surface area contributed by atoms with Crippen molar-refractivity contribution < 1.29 is 9.53 Å². The zero-order valence-electron chi connectivity index (χ0n) is 16.8. The summed E-state index contributed by atoms with van der Waals surface area (Å²) in [7, 11) is 1.62. The highest BCUT2D eigenvalue weighted by Crippen LogP contribution is 2.22. The van der Waals surface area contributed by atoms with Crippen molar-refractivity contribution in [2.75, 3.05) is 13.7 Å². The van der Waals surface area contributed by atoms with E-state index < -0.39 is 0 Å². The van der Waals surface area contributed by atoms with E-state index in [9.17, 15) is 4.79 Å². The molecule has 27 heavy (non-hydrogen) atoms. The molecule has 0 unspecified atom stereocenters. The molecule has 0 aliphatic carbocycles. The van der Waals surface area contributed by atoms with Gasteiger partial charge >= 0.3 is 0 Å². The molecule has 0 aliphatic heterocycles. The summed E-state index contributed by atoms with van der Waals surface area (Å²) in [4.78, 5) is 17.3. The van der Waals surface area contributed by atoms with Crippen molar-refractivity contribution >= 4 is 16.8 Å². The van der Waals surface area contributed by atoms with E-state index in [0.717, 1.165) is 28.0 Å². The zero-order chi connectivity index (χ0) is 19.7. The number of nitrogens with zero attached hydrogens (tertiary/aromatic N) is 3. The largest absolute Gasteiger partial charge is 0.497 e. The molecule has 0 saturated carbocycles. The average Bonchev–Trinajstić information content (AvgIpc) is 2.92. The number of hydrogen-bond acceptors (Lipinski definition) is 4. The number of aryl methyl sites for hydroxylation is 2. The molecule has 6 heteroatoms. The van der Waals surface area contributed by atoms with Crippen molar-refractivity contribution in [3.8, 4) is 5.75 Å². The van der Waals surface area contributed by atoms with Crippen molar-refractivity contribution in [2.45, 2.75) is 40.7 Å². The van der Waals surface area contributed by atoms with Crippen LogP contribution in [0.3, 0.4) is 0 Å². The lowest BCUT2D eigenvalue weighted by molar-refractivity contribution is 0.0947. The molecule has 0 fully saturated rings. The summed E-state index contributed by atoms with van der Waals surface area (Å²) < 4.78 is 7.24. The van der Waals surface area contributed by atoms with E-state index in [0.29, 0.717) is 17.8 Å². The highest BCUT2D eigenvalue weighted by atomic mass is 16.5. The van der Waals surface area contributed by atoms with E-state index in [1.165, 1.54) is 5.56 Å². The molecule has 2 aromatic heterocycles. The van der Waals surface area contributed by atoms with Crippen molar-refractivity contribution in [3.05, 3.63) is 52.5 Å². The molecule has 0 spiro atoms. The Balaban J connectivity index is 1.79. The second-order valence-corrected chi connectivity index (χ2v) is 6.98. The van der Waals surface area contributed by atoms with Crippen LogP contribution in [0, 0.1) is 27.7 Å². The average molecular weight is 366 g/mol. The van der Waals surface area contributed by atoms with Crippen LogP contribution in [-0.2, 0) is 0 Å². The van der Waals surface area contributed by atoms with Gasteiger partial charge in [-0.05, 0) is 64.4 Å². The smallest absolute Gasteiger partial charge is 0.253 e. The Kier molecular flexibility index (Phi) is 5.17. The monoisotopic (exact) mass is 366 g/mol. The third-order valence-electron chi connectivity index (χ3n) is 5.12. The van der Waals surface area contributed by atoms with Crippen LogP contribution in [0.4, 0.5) is 0 Å². The Morgan fingerprint density at radius 2 is 1.93 bits per heavy atom. The van der Waals surface area contributed by atoms with Gasteiger partial charge in [0.15, 0.2) is 0 Å². The van der Waals surface area contributed by atoms with E-state index in [1.54, 1.807) is 7.11 Å². The topological polar surface area (TPSA) is 69.0 Å². The normalized spacial score (nSPS) is 12.2. The van der Waals surface area contributed by atoms with Gasteiger partial charge in [-0.3, -0.25) is 14.5 Å². The molecular formula is C21H26N4O2. The van der Waals surface area contributed by atoms with Crippen LogP contribution < -0.4 is 10.1 Å². The molecular weight excluding hydrogens is 340 g/mol. The van der Waals surface area contributed by atoms with Crippen molar-refractivity contribution in [1.29, 1.82) is 0 Å². The molecule has 1 atom stereocenters. The summed E-state index contributed by atoms with van der Waals surface area (Å²) in [5.74, 6) is 0.614. The lowest BCUT2D eigenvalue weighted by atomic mass is 10.1. The summed E-state index contributed by atoms with van der Waals surface area (Å²) in [6.07, 6.45) is 0. The van der Waals surface area contributed by atoms with Gasteiger partial charge in [-0.15, -0.1) is 0 Å². The first-order valence-electron chi connectivity index (χ1n) is 9.07. The van der Waals surface area contributed by atoms with E-state index in [2.05, 4.69) is 36.2 Å². The minimum Gasteiger partial charge on any atom is -0.497 e. The number of ether oxygens (including phenoxy) is 1. The first-order valence-corrected chi connectivity index (χ1v) is 9.07. The van der Waals surface area contributed by atoms with Crippen LogP contribution >= 0.6 is 0 Å². The summed E-state index contributed by atoms with van der Waals surface area (Å²) in [5, 5.41) is 8.48. The van der Waals surface area contributed by atoms with Crippen LogP contribution in [0.25, 0.3) is 10.9 Å². The fourth-order valence-electron chi connectivity index (χ4n) is 3.20. The van der Waals surface area contributed by atoms with Crippen molar-refractivity contribution in [2.24, 2.45) is 0 Å². The van der Waals surface area contributed by atoms with Gasteiger partial charge in [0.2, 0.25) is 0 Å². The highest BCUT2D eigenvalue weighted by Gasteiger charge is 2.16. The van der Waals surface area contributed by atoms with Gasteiger partial charge < -0.3 is 10.1 Å². The van der Waals surface area contributed by atoms with E-state index in [4.69, 9.17) is 4.74 Å². The van der Waals surface area contributed by atoms with E-state index in [-0.39, 0.29) is 11.9 Å². The third-order valence-corrected chi connectivity index (χ3v) is 5.12. The maximum absolute atomic E-state index is 12.7. The molecule has 2 heterocycles. The van der Waals surface area contributed by atoms with E-state index in [1.807, 2.05) is 42.8 Å². The Morgan fingerprint density at radius 1 is 1.19 bits per heavy atom. The quantitative estimate of drug-likeness (QED) is 0.748. The third kappa shape index (κ3) is 3.65. The number of methoxy groups -OCH3 is 1. The summed E-state index contributed by atoms with van der Waals surface area (Å²) in [6.45, 7) is 10.5. The Labute approximate surface area is 159 Å². The molecule has 6 nitrogen and oxygen atoms in total. The molecule has 0 bridgehead atoms. The molecule has 1 amide bonds. The van der Waals surface area contributed by atoms with Gasteiger partial charge in [0.25, 0.3) is 5.91 Å². The van der Waals surface area contributed by atoms with E-state index >= 15 is 0 Å². The summed E-state index contributed by atoms with van der Waals surface area (Å²) in [5.41, 5.74) is 5.47. The fraction of sp³-hybridized carbons (Fsp3) is 0.381. The number of fused-ring (bicyclic) bond motifs is 1. The van der Waals surface area contributed by atoms with Gasteiger partial charge in [-0.25, -0.2) is 0 Å². The number of carbonyl (C=O) groups excluding carboxylic acids is 1. The van der Waals surface area contributed by atoms with Crippen LogP contribution in [0.15, 0.2) is 24.3 Å². The van der Waals surface area contributed by atoms with Gasteiger partial charge in [0, 0.05) is 17.6 Å². The van der Waals surface area contributed by atoms with Gasteiger partial charge in [0.05, 0.1) is 35.6 Å². The lowest BCUT2D eigenvalue weighted by Crippen LogP contribution is -2.31. The molecule has 0 saturated heterocycles. The van der Waals surface area contributed by atoms with Crippen LogP contribution in [-0.4, -0.2) is 34.3 Å². The first kappa shape index (κ1) is 18.9. The fourth-order valence-corrected chi connectivity index (χ4v) is 3.20. The Morgan fingerprint density at radius 3 is 2.56 bits per heavy atom. The maximum atomic E-state index is 12.7. The molecule has 1 aromatic carbocycles. The highest BCUT2D eigenvalue weighted by molar-refractivity contribution is 5.98. The second kappa shape index (κ2) is 7.39. The summed E-state index contributed by atoms with van der Waals surface area (Å²) >= 11 is 0. The van der Waals surface area contributed by atoms with Crippen molar-refractivity contribution in [3.63, 3.8) is 0 Å². The second-order valence-electron chi connectivity index (χ2n) is 6.98. The molecule has 142 valence electrons. The number of carbonyl (C=O) groups is 1. The van der Waals surface area contributed by atoms with Gasteiger partial charge in [-0.1, -0.05) is 0 Å². The minimum absolute atomic E-state index is 0.0650. The standard InChI is InChI=1S/C21H26N4O2/c1-12(25-16(5)13(2)14(3)24-25)11-22-21(26)19-10-17-9-18(27-6)7-8-20(17)23-15(19)4/h7-10,12H,11H2,1-6H3,(H,22,26)/t12-/m0/s1. The Bertz CT molecular complexity index is 1010. The zero-order valence-corrected chi connectivity index (χ0v) is 16.8. The van der Waals surface area contributed by atoms with Gasteiger partial charge in [0.1, 0.15) is 5.75 Å².